The zero-order chi connectivity index (χ0) is 15.4. The van der Waals surface area contributed by atoms with Crippen LogP contribution in [-0.2, 0) is 0 Å². The summed E-state index contributed by atoms with van der Waals surface area (Å²) in [5.74, 6) is -0.343. The molecule has 0 aliphatic heterocycles. The Kier molecular flexibility index (Phi) is 3.97. The SMILES string of the molecule is O=C(CNC(=O)c1ccc2ccccc2c1)c1ccccc1. The number of benzene rings is 3. The third-order valence-corrected chi connectivity index (χ3v) is 3.52. The lowest BCUT2D eigenvalue weighted by Crippen LogP contribution is -2.29. The van der Waals surface area contributed by atoms with Crippen molar-refractivity contribution in [1.82, 2.24) is 5.32 Å². The molecule has 0 unspecified atom stereocenters. The van der Waals surface area contributed by atoms with Crippen LogP contribution in [-0.4, -0.2) is 18.2 Å². The number of ketones is 1. The molecule has 3 aromatic carbocycles. The van der Waals surface area contributed by atoms with Crippen LogP contribution in [0, 0.1) is 0 Å². The maximum absolute atomic E-state index is 12.2. The number of amides is 1. The molecule has 0 heterocycles. The molecule has 0 aliphatic carbocycles. The molecule has 108 valence electrons. The highest BCUT2D eigenvalue weighted by atomic mass is 16.2. The van der Waals surface area contributed by atoms with Gasteiger partial charge in [0.25, 0.3) is 5.91 Å². The van der Waals surface area contributed by atoms with E-state index in [1.165, 1.54) is 0 Å². The molecule has 0 spiro atoms. The minimum Gasteiger partial charge on any atom is -0.345 e. The monoisotopic (exact) mass is 289 g/mol. The molecule has 0 fully saturated rings. The largest absolute Gasteiger partial charge is 0.345 e. The summed E-state index contributed by atoms with van der Waals surface area (Å²) in [6, 6.07) is 22.3. The minimum absolute atomic E-state index is 0.00429. The number of Topliss-reactive ketones (excluding diaryl/α,β-unsaturated/α-hetero) is 1. The molecule has 3 aromatic rings. The molecule has 0 aromatic heterocycles. The maximum atomic E-state index is 12.2. The Morgan fingerprint density at radius 3 is 2.18 bits per heavy atom. The number of carbonyl (C=O) groups is 2. The van der Waals surface area contributed by atoms with Gasteiger partial charge in [0.15, 0.2) is 5.78 Å². The van der Waals surface area contributed by atoms with Crippen molar-refractivity contribution in [2.24, 2.45) is 0 Å². The van der Waals surface area contributed by atoms with Gasteiger partial charge >= 0.3 is 0 Å². The Hall–Kier alpha value is -2.94. The summed E-state index contributed by atoms with van der Waals surface area (Å²) >= 11 is 0. The van der Waals surface area contributed by atoms with Gasteiger partial charge in [-0.2, -0.15) is 0 Å². The second-order valence-corrected chi connectivity index (χ2v) is 5.03. The molecule has 1 N–H and O–H groups in total. The average Bonchev–Trinajstić information content (AvgIpc) is 2.59. The van der Waals surface area contributed by atoms with E-state index in [9.17, 15) is 9.59 Å². The van der Waals surface area contributed by atoms with E-state index in [1.54, 1.807) is 30.3 Å². The number of hydrogen-bond acceptors (Lipinski definition) is 2. The molecule has 3 heteroatoms. The molecule has 0 bridgehead atoms. The van der Waals surface area contributed by atoms with Crippen LogP contribution < -0.4 is 5.32 Å². The third kappa shape index (κ3) is 3.04. The Morgan fingerprint density at radius 2 is 1.41 bits per heavy atom. The van der Waals surface area contributed by atoms with Gasteiger partial charge in [-0.15, -0.1) is 0 Å². The van der Waals surface area contributed by atoms with Gasteiger partial charge in [-0.25, -0.2) is 0 Å². The van der Waals surface area contributed by atoms with E-state index in [4.69, 9.17) is 0 Å². The standard InChI is InChI=1S/C19H15NO2/c21-18(15-7-2-1-3-8-15)13-20-19(22)17-11-10-14-6-4-5-9-16(14)12-17/h1-12H,13H2,(H,20,22). The van der Waals surface area contributed by atoms with Crippen molar-refractivity contribution in [1.29, 1.82) is 0 Å². The van der Waals surface area contributed by atoms with Gasteiger partial charge in [-0.3, -0.25) is 9.59 Å². The Balaban J connectivity index is 1.69. The second-order valence-electron chi connectivity index (χ2n) is 5.03. The lowest BCUT2D eigenvalue weighted by Gasteiger charge is -2.06. The van der Waals surface area contributed by atoms with Gasteiger partial charge in [-0.05, 0) is 22.9 Å². The molecule has 3 rings (SSSR count). The van der Waals surface area contributed by atoms with Gasteiger partial charge in [0.1, 0.15) is 0 Å². The van der Waals surface area contributed by atoms with Crippen molar-refractivity contribution in [2.75, 3.05) is 6.54 Å². The quantitative estimate of drug-likeness (QED) is 0.748. The molecular weight excluding hydrogens is 274 g/mol. The van der Waals surface area contributed by atoms with Crippen LogP contribution in [0.2, 0.25) is 0 Å². The van der Waals surface area contributed by atoms with Crippen molar-refractivity contribution in [3.63, 3.8) is 0 Å². The van der Waals surface area contributed by atoms with Crippen LogP contribution in [0.15, 0.2) is 72.8 Å². The number of fused-ring (bicyclic) bond motifs is 1. The summed E-state index contributed by atoms with van der Waals surface area (Å²) in [4.78, 5) is 24.1. The fourth-order valence-electron chi connectivity index (χ4n) is 2.32. The number of hydrogen-bond donors (Lipinski definition) is 1. The van der Waals surface area contributed by atoms with E-state index in [-0.39, 0.29) is 18.2 Å². The molecule has 0 atom stereocenters. The van der Waals surface area contributed by atoms with Crippen LogP contribution >= 0.6 is 0 Å². The molecule has 0 radical (unpaired) electrons. The summed E-state index contributed by atoms with van der Waals surface area (Å²) in [5, 5.41) is 4.76. The predicted octanol–water partition coefficient (Wildman–Crippen LogP) is 3.45. The van der Waals surface area contributed by atoms with Crippen LogP contribution in [0.1, 0.15) is 20.7 Å². The molecule has 1 amide bonds. The summed E-state index contributed by atoms with van der Waals surface area (Å²) < 4.78 is 0. The Morgan fingerprint density at radius 1 is 0.727 bits per heavy atom. The first-order valence-corrected chi connectivity index (χ1v) is 7.09. The highest BCUT2D eigenvalue weighted by Crippen LogP contribution is 2.15. The highest BCUT2D eigenvalue weighted by Gasteiger charge is 2.09. The Labute approximate surface area is 128 Å². The summed E-state index contributed by atoms with van der Waals surface area (Å²) in [6.45, 7) is -0.00429. The first-order chi connectivity index (χ1) is 10.7. The summed E-state index contributed by atoms with van der Waals surface area (Å²) in [6.07, 6.45) is 0. The van der Waals surface area contributed by atoms with E-state index in [0.29, 0.717) is 11.1 Å². The molecule has 0 aliphatic rings. The lowest BCUT2D eigenvalue weighted by molar-refractivity contribution is 0.0904. The van der Waals surface area contributed by atoms with Gasteiger partial charge in [0.2, 0.25) is 0 Å². The average molecular weight is 289 g/mol. The molecule has 22 heavy (non-hydrogen) atoms. The van der Waals surface area contributed by atoms with E-state index >= 15 is 0 Å². The molecule has 0 saturated heterocycles. The van der Waals surface area contributed by atoms with Crippen LogP contribution in [0.25, 0.3) is 10.8 Å². The summed E-state index contributed by atoms with van der Waals surface area (Å²) in [7, 11) is 0. The van der Waals surface area contributed by atoms with Crippen LogP contribution in [0.4, 0.5) is 0 Å². The van der Waals surface area contributed by atoms with Gasteiger partial charge in [0.05, 0.1) is 6.54 Å². The summed E-state index contributed by atoms with van der Waals surface area (Å²) in [5.41, 5.74) is 1.15. The van der Waals surface area contributed by atoms with Crippen molar-refractivity contribution in [3.8, 4) is 0 Å². The van der Waals surface area contributed by atoms with Crippen molar-refractivity contribution >= 4 is 22.5 Å². The van der Waals surface area contributed by atoms with E-state index in [2.05, 4.69) is 5.32 Å². The number of carbonyl (C=O) groups excluding carboxylic acids is 2. The van der Waals surface area contributed by atoms with E-state index in [0.717, 1.165) is 10.8 Å². The Bertz CT molecular complexity index is 825. The fraction of sp³-hybridized carbons (Fsp3) is 0.0526. The van der Waals surface area contributed by atoms with E-state index < -0.39 is 0 Å². The lowest BCUT2D eigenvalue weighted by atomic mass is 10.1. The van der Waals surface area contributed by atoms with Crippen molar-refractivity contribution < 1.29 is 9.59 Å². The predicted molar refractivity (Wildman–Crippen MR) is 87.1 cm³/mol. The molecular formula is C19H15NO2. The smallest absolute Gasteiger partial charge is 0.251 e. The zero-order valence-corrected chi connectivity index (χ0v) is 12.0. The zero-order valence-electron chi connectivity index (χ0n) is 12.0. The maximum Gasteiger partial charge on any atom is 0.251 e. The van der Waals surface area contributed by atoms with Crippen LogP contribution in [0.3, 0.4) is 0 Å². The third-order valence-electron chi connectivity index (χ3n) is 3.52. The number of nitrogens with one attached hydrogen (secondary N) is 1. The van der Waals surface area contributed by atoms with E-state index in [1.807, 2.05) is 42.5 Å². The topological polar surface area (TPSA) is 46.2 Å². The van der Waals surface area contributed by atoms with Crippen LogP contribution in [0.5, 0.6) is 0 Å². The first-order valence-electron chi connectivity index (χ1n) is 7.09. The second kappa shape index (κ2) is 6.22. The van der Waals surface area contributed by atoms with Gasteiger partial charge in [0, 0.05) is 11.1 Å². The van der Waals surface area contributed by atoms with Gasteiger partial charge in [-0.1, -0.05) is 60.7 Å². The highest BCUT2D eigenvalue weighted by molar-refractivity contribution is 6.03. The van der Waals surface area contributed by atoms with Crippen molar-refractivity contribution in [3.05, 3.63) is 83.9 Å². The van der Waals surface area contributed by atoms with Crippen molar-refractivity contribution in [2.45, 2.75) is 0 Å². The normalized spacial score (nSPS) is 10.4. The minimum atomic E-state index is -0.241. The first kappa shape index (κ1) is 14.0. The van der Waals surface area contributed by atoms with Gasteiger partial charge < -0.3 is 5.32 Å². The fourth-order valence-corrected chi connectivity index (χ4v) is 2.32. The molecule has 0 saturated carbocycles. The molecule has 3 nitrogen and oxygen atoms in total. The number of rotatable bonds is 4.